The quantitative estimate of drug-likeness (QED) is 0.313. The fraction of sp³-hybridized carbons (Fsp3) is 0.714. The van der Waals surface area contributed by atoms with Gasteiger partial charge in [0.25, 0.3) is 0 Å². The average Bonchev–Trinajstić information content (AvgIpc) is 3.27. The van der Waals surface area contributed by atoms with Crippen molar-refractivity contribution in [1.82, 2.24) is 0 Å². The summed E-state index contributed by atoms with van der Waals surface area (Å²) in [6.07, 6.45) is 17.7. The molecule has 5 aliphatic carbocycles. The molecule has 1 aromatic carbocycles. The second kappa shape index (κ2) is 8.65. The Kier molecular flexibility index (Phi) is 5.98. The van der Waals surface area contributed by atoms with Crippen LogP contribution < -0.4 is 11.5 Å². The first-order valence-electron chi connectivity index (χ1n) is 15.5. The summed E-state index contributed by atoms with van der Waals surface area (Å²) in [5, 5.41) is 0. The number of hydrogen-bond donors (Lipinski definition) is 2. The molecule has 10 atom stereocenters. The van der Waals surface area contributed by atoms with E-state index < -0.39 is 0 Å². The Labute approximate surface area is 226 Å². The van der Waals surface area contributed by atoms with Gasteiger partial charge < -0.3 is 11.5 Å². The summed E-state index contributed by atoms with van der Waals surface area (Å²) in [7, 11) is 0. The number of nitrogen functional groups attached to an aromatic ring is 2. The molecule has 0 aliphatic heterocycles. The van der Waals surface area contributed by atoms with E-state index in [4.69, 9.17) is 11.5 Å². The molecule has 2 nitrogen and oxygen atoms in total. The fourth-order valence-electron chi connectivity index (χ4n) is 11.4. The Bertz CT molecular complexity index is 1130. The Morgan fingerprint density at radius 3 is 2.49 bits per heavy atom. The molecule has 0 radical (unpaired) electrons. The Balaban J connectivity index is 1.25. The lowest BCUT2D eigenvalue weighted by atomic mass is 9.46. The van der Waals surface area contributed by atoms with Crippen molar-refractivity contribution in [1.29, 1.82) is 0 Å². The second-order valence-corrected chi connectivity index (χ2v) is 15.0. The molecule has 0 spiro atoms. The summed E-state index contributed by atoms with van der Waals surface area (Å²) < 4.78 is 0. The maximum Gasteiger partial charge on any atom is 0.0370 e. The molecule has 0 bridgehead atoms. The molecule has 5 aliphatic rings. The van der Waals surface area contributed by atoms with Crippen molar-refractivity contribution in [3.63, 3.8) is 0 Å². The molecule has 1 aromatic rings. The molecule has 37 heavy (non-hydrogen) atoms. The van der Waals surface area contributed by atoms with Gasteiger partial charge in [0.2, 0.25) is 0 Å². The molecule has 0 aromatic heterocycles. The first kappa shape index (κ1) is 25.6. The van der Waals surface area contributed by atoms with Crippen molar-refractivity contribution >= 4 is 11.4 Å². The van der Waals surface area contributed by atoms with E-state index in [1.54, 1.807) is 0 Å². The molecule has 0 heterocycles. The van der Waals surface area contributed by atoms with Crippen LogP contribution in [0.3, 0.4) is 0 Å². The maximum absolute atomic E-state index is 6.54. The monoisotopic (exact) mass is 500 g/mol. The zero-order chi connectivity index (χ0) is 26.3. The number of anilines is 2. The summed E-state index contributed by atoms with van der Waals surface area (Å²) in [4.78, 5) is 0. The van der Waals surface area contributed by atoms with E-state index in [9.17, 15) is 0 Å². The van der Waals surface area contributed by atoms with Crippen LogP contribution >= 0.6 is 0 Å². The molecule has 0 saturated heterocycles. The molecule has 4 fully saturated rings. The van der Waals surface area contributed by atoms with Gasteiger partial charge in [0.05, 0.1) is 0 Å². The van der Waals surface area contributed by atoms with Gasteiger partial charge in [0.15, 0.2) is 0 Å². The van der Waals surface area contributed by atoms with Crippen LogP contribution in [0.25, 0.3) is 0 Å². The van der Waals surface area contributed by atoms with Crippen molar-refractivity contribution in [2.24, 2.45) is 51.8 Å². The van der Waals surface area contributed by atoms with Crippen molar-refractivity contribution < 1.29 is 0 Å². The van der Waals surface area contributed by atoms with E-state index in [1.807, 2.05) is 11.6 Å². The van der Waals surface area contributed by atoms with Gasteiger partial charge in [0, 0.05) is 11.4 Å². The third kappa shape index (κ3) is 3.63. The van der Waals surface area contributed by atoms with Gasteiger partial charge in [-0.15, -0.1) is 0 Å². The lowest BCUT2D eigenvalue weighted by molar-refractivity contribution is -0.0534. The van der Waals surface area contributed by atoms with Crippen molar-refractivity contribution in [3.8, 4) is 0 Å². The minimum atomic E-state index is 0.292. The fourth-order valence-corrected chi connectivity index (χ4v) is 11.4. The molecule has 10 unspecified atom stereocenters. The molecular weight excluding hydrogens is 448 g/mol. The van der Waals surface area contributed by atoms with Crippen LogP contribution in [-0.2, 0) is 0 Å². The van der Waals surface area contributed by atoms with Gasteiger partial charge in [-0.1, -0.05) is 57.1 Å². The molecule has 202 valence electrons. The number of hydrogen-bond acceptors (Lipinski definition) is 2. The van der Waals surface area contributed by atoms with Crippen LogP contribution in [0.15, 0.2) is 41.5 Å². The number of nitrogens with two attached hydrogens (primary N) is 2. The highest BCUT2D eigenvalue weighted by molar-refractivity contribution is 5.62. The molecular formula is C35H52N2. The number of benzene rings is 1. The first-order valence-corrected chi connectivity index (χ1v) is 15.5. The van der Waals surface area contributed by atoms with E-state index in [2.05, 4.69) is 65.8 Å². The van der Waals surface area contributed by atoms with Crippen LogP contribution in [-0.4, -0.2) is 0 Å². The Morgan fingerprint density at radius 1 is 1.00 bits per heavy atom. The lowest BCUT2D eigenvalue weighted by Crippen LogP contribution is -2.51. The topological polar surface area (TPSA) is 52.0 Å². The highest BCUT2D eigenvalue weighted by Crippen LogP contribution is 2.80. The molecule has 6 rings (SSSR count). The van der Waals surface area contributed by atoms with Gasteiger partial charge >= 0.3 is 0 Å². The predicted molar refractivity (Wildman–Crippen MR) is 158 cm³/mol. The van der Waals surface area contributed by atoms with E-state index in [1.165, 1.54) is 68.9 Å². The lowest BCUT2D eigenvalue weighted by Gasteiger charge is -2.59. The zero-order valence-electron chi connectivity index (χ0n) is 24.4. The van der Waals surface area contributed by atoms with Crippen LogP contribution in [0.5, 0.6) is 0 Å². The third-order valence-electron chi connectivity index (χ3n) is 13.1. The van der Waals surface area contributed by atoms with Crippen LogP contribution in [0.1, 0.15) is 111 Å². The highest BCUT2D eigenvalue weighted by atomic mass is 14.8. The van der Waals surface area contributed by atoms with Gasteiger partial charge in [-0.25, -0.2) is 0 Å². The van der Waals surface area contributed by atoms with Gasteiger partial charge in [-0.2, -0.15) is 0 Å². The Morgan fingerprint density at radius 2 is 1.76 bits per heavy atom. The molecule has 0 amide bonds. The minimum Gasteiger partial charge on any atom is -0.399 e. The summed E-state index contributed by atoms with van der Waals surface area (Å²) in [6.45, 7) is 15.0. The van der Waals surface area contributed by atoms with Gasteiger partial charge in [0.1, 0.15) is 0 Å². The van der Waals surface area contributed by atoms with Crippen LogP contribution in [0, 0.1) is 51.8 Å². The summed E-state index contributed by atoms with van der Waals surface area (Å²) >= 11 is 0. The summed E-state index contributed by atoms with van der Waals surface area (Å²) in [5.41, 5.74) is 20.1. The highest BCUT2D eigenvalue weighted by Gasteiger charge is 2.71. The second-order valence-electron chi connectivity index (χ2n) is 15.0. The molecule has 4 N–H and O–H groups in total. The molecule has 4 saturated carbocycles. The van der Waals surface area contributed by atoms with Gasteiger partial charge in [-0.3, -0.25) is 0 Å². The number of allylic oxidation sites excluding steroid dienone is 4. The third-order valence-corrected chi connectivity index (χ3v) is 13.1. The van der Waals surface area contributed by atoms with Crippen molar-refractivity contribution in [2.75, 3.05) is 11.5 Å². The molecule has 2 heteroatoms. The van der Waals surface area contributed by atoms with Crippen LogP contribution in [0.4, 0.5) is 11.4 Å². The number of fused-ring (bicyclic) bond motifs is 7. The number of rotatable bonds is 5. The normalized spacial score (nSPS) is 44.5. The SMILES string of the molecule is CC(C)=CCCC(C)C1CCC2C3CC=C4C(C)(CCC5C(c6ccc(N)cc6N)C45C)C3CCC12C. The first-order chi connectivity index (χ1) is 17.5. The average molecular weight is 501 g/mol. The minimum absolute atomic E-state index is 0.292. The van der Waals surface area contributed by atoms with E-state index in [0.29, 0.717) is 22.2 Å². The van der Waals surface area contributed by atoms with Crippen LogP contribution in [0.2, 0.25) is 0 Å². The zero-order valence-corrected chi connectivity index (χ0v) is 24.4. The van der Waals surface area contributed by atoms with E-state index in [0.717, 1.165) is 46.9 Å². The maximum atomic E-state index is 6.54. The van der Waals surface area contributed by atoms with E-state index in [-0.39, 0.29) is 0 Å². The Hall–Kier alpha value is -1.70. The summed E-state index contributed by atoms with van der Waals surface area (Å²) in [6, 6.07) is 6.27. The summed E-state index contributed by atoms with van der Waals surface area (Å²) in [5.74, 6) is 5.76. The predicted octanol–water partition coefficient (Wildman–Crippen LogP) is 9.14. The van der Waals surface area contributed by atoms with Crippen molar-refractivity contribution in [2.45, 2.75) is 105 Å². The van der Waals surface area contributed by atoms with Crippen molar-refractivity contribution in [3.05, 3.63) is 47.1 Å². The van der Waals surface area contributed by atoms with Gasteiger partial charge in [-0.05, 0) is 147 Å². The van der Waals surface area contributed by atoms with E-state index >= 15 is 0 Å². The smallest absolute Gasteiger partial charge is 0.0370 e. The standard InChI is InChI=1S/C35H52N2/c1-21(2)8-7-9-22(3)26-13-14-27-24-12-15-31-34(5,28(24)16-18-33(26,27)4)19-17-29-32(35(29,31)6)25-11-10-23(36)20-30(25)37/h8,10-11,15,20,22,24,26-29,32H,7,9,12-14,16-19,36-37H2,1-6H3. The largest absolute Gasteiger partial charge is 0.399 e.